The summed E-state index contributed by atoms with van der Waals surface area (Å²) in [4.78, 5) is 0. The van der Waals surface area contributed by atoms with Crippen LogP contribution in [0.15, 0.2) is 18.2 Å². The van der Waals surface area contributed by atoms with Crippen LogP contribution in [-0.2, 0) is 11.3 Å². The molecule has 0 saturated carbocycles. The summed E-state index contributed by atoms with van der Waals surface area (Å²) in [6, 6.07) is 5.30. The minimum absolute atomic E-state index is 0.152. The fourth-order valence-corrected chi connectivity index (χ4v) is 2.31. The molecule has 0 aliphatic carbocycles. The predicted molar refractivity (Wildman–Crippen MR) is 76.0 cm³/mol. The van der Waals surface area contributed by atoms with Gasteiger partial charge in [-0.2, -0.15) is 0 Å². The van der Waals surface area contributed by atoms with Crippen LogP contribution < -0.4 is 10.1 Å². The van der Waals surface area contributed by atoms with Crippen molar-refractivity contribution in [2.24, 2.45) is 0 Å². The molecule has 5 nitrogen and oxygen atoms in total. The SMILES string of the molecule is CCOc1cc(CNCC2(O)CCOCC2)ccc1O. The average molecular weight is 281 g/mol. The van der Waals surface area contributed by atoms with Crippen molar-refractivity contribution in [3.8, 4) is 11.5 Å². The maximum absolute atomic E-state index is 10.3. The topological polar surface area (TPSA) is 71.0 Å². The van der Waals surface area contributed by atoms with Crippen molar-refractivity contribution >= 4 is 0 Å². The summed E-state index contributed by atoms with van der Waals surface area (Å²) >= 11 is 0. The summed E-state index contributed by atoms with van der Waals surface area (Å²) in [6.45, 7) is 4.80. The van der Waals surface area contributed by atoms with Gasteiger partial charge in [0.1, 0.15) is 0 Å². The minimum atomic E-state index is -0.669. The highest BCUT2D eigenvalue weighted by Crippen LogP contribution is 2.27. The molecule has 0 atom stereocenters. The molecule has 3 N–H and O–H groups in total. The summed E-state index contributed by atoms with van der Waals surface area (Å²) in [5, 5.41) is 23.2. The van der Waals surface area contributed by atoms with E-state index in [2.05, 4.69) is 5.32 Å². The Bertz CT molecular complexity index is 430. The van der Waals surface area contributed by atoms with Crippen molar-refractivity contribution in [1.29, 1.82) is 0 Å². The number of aliphatic hydroxyl groups is 1. The van der Waals surface area contributed by atoms with Crippen molar-refractivity contribution in [1.82, 2.24) is 5.32 Å². The van der Waals surface area contributed by atoms with Crippen molar-refractivity contribution in [3.05, 3.63) is 23.8 Å². The van der Waals surface area contributed by atoms with Gasteiger partial charge < -0.3 is 25.0 Å². The Morgan fingerprint density at radius 2 is 2.10 bits per heavy atom. The Morgan fingerprint density at radius 3 is 2.80 bits per heavy atom. The highest BCUT2D eigenvalue weighted by molar-refractivity contribution is 5.41. The molecule has 1 fully saturated rings. The molecule has 0 spiro atoms. The van der Waals surface area contributed by atoms with Gasteiger partial charge >= 0.3 is 0 Å². The molecule has 20 heavy (non-hydrogen) atoms. The highest BCUT2D eigenvalue weighted by Gasteiger charge is 2.29. The number of rotatable bonds is 6. The molecule has 1 aromatic rings. The largest absolute Gasteiger partial charge is 0.504 e. The van der Waals surface area contributed by atoms with Gasteiger partial charge in [0.25, 0.3) is 0 Å². The molecule has 1 aromatic carbocycles. The lowest BCUT2D eigenvalue weighted by molar-refractivity contribution is -0.0617. The minimum Gasteiger partial charge on any atom is -0.504 e. The zero-order valence-corrected chi connectivity index (χ0v) is 11.9. The lowest BCUT2D eigenvalue weighted by Crippen LogP contribution is -2.44. The summed E-state index contributed by atoms with van der Waals surface area (Å²) in [7, 11) is 0. The molecule has 1 aliphatic rings. The first-order valence-corrected chi connectivity index (χ1v) is 7.08. The second-order valence-electron chi connectivity index (χ2n) is 5.18. The van der Waals surface area contributed by atoms with Gasteiger partial charge in [-0.15, -0.1) is 0 Å². The quantitative estimate of drug-likeness (QED) is 0.735. The van der Waals surface area contributed by atoms with E-state index < -0.39 is 5.60 Å². The van der Waals surface area contributed by atoms with Crippen LogP contribution >= 0.6 is 0 Å². The Kier molecular flexibility index (Phi) is 5.23. The zero-order chi connectivity index (χ0) is 14.4. The third-order valence-electron chi connectivity index (χ3n) is 3.53. The zero-order valence-electron chi connectivity index (χ0n) is 11.9. The van der Waals surface area contributed by atoms with Crippen LogP contribution in [0.5, 0.6) is 11.5 Å². The summed E-state index contributed by atoms with van der Waals surface area (Å²) < 4.78 is 10.6. The molecule has 112 valence electrons. The van der Waals surface area contributed by atoms with E-state index in [0.717, 1.165) is 5.56 Å². The van der Waals surface area contributed by atoms with Gasteiger partial charge in [0, 0.05) is 39.1 Å². The second-order valence-corrected chi connectivity index (χ2v) is 5.18. The van der Waals surface area contributed by atoms with E-state index in [4.69, 9.17) is 9.47 Å². The van der Waals surface area contributed by atoms with Crippen molar-refractivity contribution in [2.45, 2.75) is 31.9 Å². The smallest absolute Gasteiger partial charge is 0.161 e. The monoisotopic (exact) mass is 281 g/mol. The lowest BCUT2D eigenvalue weighted by Gasteiger charge is -2.32. The number of hydrogen-bond donors (Lipinski definition) is 3. The summed E-state index contributed by atoms with van der Waals surface area (Å²) in [5.41, 5.74) is 0.347. The predicted octanol–water partition coefficient (Wildman–Crippen LogP) is 1.42. The fourth-order valence-electron chi connectivity index (χ4n) is 2.31. The molecule has 5 heteroatoms. The van der Waals surface area contributed by atoms with Crippen molar-refractivity contribution in [2.75, 3.05) is 26.4 Å². The maximum Gasteiger partial charge on any atom is 0.161 e. The number of phenols is 1. The van der Waals surface area contributed by atoms with Crippen LogP contribution in [0.1, 0.15) is 25.3 Å². The first-order valence-electron chi connectivity index (χ1n) is 7.08. The molecular formula is C15H23NO4. The number of benzene rings is 1. The van der Waals surface area contributed by atoms with Gasteiger partial charge in [-0.3, -0.25) is 0 Å². The third kappa shape index (κ3) is 4.10. The van der Waals surface area contributed by atoms with Gasteiger partial charge in [0.15, 0.2) is 11.5 Å². The number of aromatic hydroxyl groups is 1. The second kappa shape index (κ2) is 6.92. The molecule has 1 aliphatic heterocycles. The number of ether oxygens (including phenoxy) is 2. The molecule has 0 aromatic heterocycles. The van der Waals surface area contributed by atoms with Crippen LogP contribution in [-0.4, -0.2) is 42.2 Å². The standard InChI is InChI=1S/C15H23NO4/c1-2-20-14-9-12(3-4-13(14)17)10-16-11-15(18)5-7-19-8-6-15/h3-4,9,16-18H,2,5-8,10-11H2,1H3. The molecule has 1 heterocycles. The van der Waals surface area contributed by atoms with Gasteiger partial charge in [-0.1, -0.05) is 6.07 Å². The Morgan fingerprint density at radius 1 is 1.35 bits per heavy atom. The van der Waals surface area contributed by atoms with E-state index in [1.807, 2.05) is 19.1 Å². The Balaban J connectivity index is 1.85. The van der Waals surface area contributed by atoms with Crippen LogP contribution in [0.2, 0.25) is 0 Å². The third-order valence-corrected chi connectivity index (χ3v) is 3.53. The van der Waals surface area contributed by atoms with Gasteiger partial charge in [0.2, 0.25) is 0 Å². The van der Waals surface area contributed by atoms with Gasteiger partial charge in [-0.25, -0.2) is 0 Å². The first kappa shape index (κ1) is 15.1. The number of hydrogen-bond acceptors (Lipinski definition) is 5. The average Bonchev–Trinajstić information content (AvgIpc) is 2.43. The van der Waals surface area contributed by atoms with E-state index >= 15 is 0 Å². The van der Waals surface area contributed by atoms with Crippen LogP contribution in [0, 0.1) is 0 Å². The molecule has 1 saturated heterocycles. The molecule has 0 unspecified atom stereocenters. The van der Waals surface area contributed by atoms with E-state index in [1.165, 1.54) is 0 Å². The molecule has 0 radical (unpaired) electrons. The summed E-state index contributed by atoms with van der Waals surface area (Å²) in [6.07, 6.45) is 1.33. The van der Waals surface area contributed by atoms with Crippen LogP contribution in [0.3, 0.4) is 0 Å². The van der Waals surface area contributed by atoms with E-state index in [-0.39, 0.29) is 5.75 Å². The number of phenolic OH excluding ortho intramolecular Hbond substituents is 1. The number of nitrogens with one attached hydrogen (secondary N) is 1. The molecule has 0 bridgehead atoms. The molecule has 0 amide bonds. The van der Waals surface area contributed by atoms with Gasteiger partial charge in [0.05, 0.1) is 12.2 Å². The Hall–Kier alpha value is -1.30. The fraction of sp³-hybridized carbons (Fsp3) is 0.600. The highest BCUT2D eigenvalue weighted by atomic mass is 16.5. The Labute approximate surface area is 119 Å². The van der Waals surface area contributed by atoms with E-state index in [1.54, 1.807) is 6.07 Å². The first-order chi connectivity index (χ1) is 9.63. The van der Waals surface area contributed by atoms with Gasteiger partial charge in [-0.05, 0) is 24.6 Å². The van der Waals surface area contributed by atoms with Crippen LogP contribution in [0.4, 0.5) is 0 Å². The van der Waals surface area contributed by atoms with Crippen LogP contribution in [0.25, 0.3) is 0 Å². The molecule has 2 rings (SSSR count). The normalized spacial score (nSPS) is 17.9. The maximum atomic E-state index is 10.3. The van der Waals surface area contributed by atoms with E-state index in [0.29, 0.717) is 51.5 Å². The summed E-state index contributed by atoms with van der Waals surface area (Å²) in [5.74, 6) is 0.648. The van der Waals surface area contributed by atoms with E-state index in [9.17, 15) is 10.2 Å². The van der Waals surface area contributed by atoms with Crippen molar-refractivity contribution in [3.63, 3.8) is 0 Å². The van der Waals surface area contributed by atoms with Crippen molar-refractivity contribution < 1.29 is 19.7 Å². The lowest BCUT2D eigenvalue weighted by atomic mass is 9.94. The molecular weight excluding hydrogens is 258 g/mol.